The molecule has 1 fully saturated rings. The van der Waals surface area contributed by atoms with E-state index >= 15 is 0 Å². The predicted molar refractivity (Wildman–Crippen MR) is 267 cm³/mol. The molecule has 1 saturated heterocycles. The summed E-state index contributed by atoms with van der Waals surface area (Å²) in [7, 11) is -14.7. The maximum atomic E-state index is 13.6. The molecule has 0 saturated carbocycles. The number of phosphoric acid groups is 3. The molecule has 3 unspecified atom stereocenters. The van der Waals surface area contributed by atoms with Crippen LogP contribution in [0.25, 0.3) is 33.4 Å². The minimum atomic E-state index is -5.85. The zero-order chi connectivity index (χ0) is 57.3. The molecule has 414 valence electrons. The number of nitro benzene ring substituents is 1. The summed E-state index contributed by atoms with van der Waals surface area (Å²) in [6.45, 7) is -0.527. The number of hydrogen-bond donors (Lipinski definition) is 9. The molecule has 1 aromatic heterocycles. The number of hydrogen-bond acceptors (Lipinski definition) is 20. The number of aromatic amines is 1. The third-order valence-electron chi connectivity index (χ3n) is 11.4. The molecular weight excluding hydrogens is 1150 g/mol. The number of amides is 1. The van der Waals surface area contributed by atoms with Gasteiger partial charge in [0, 0.05) is 46.3 Å². The molecule has 2 aliphatic heterocycles. The first kappa shape index (κ1) is 58.9. The lowest BCUT2D eigenvalue weighted by molar-refractivity contribution is -0.386. The minimum absolute atomic E-state index is 0.0182. The number of benzene rings is 4. The number of aromatic nitrogens is 2. The van der Waals surface area contributed by atoms with Crippen LogP contribution < -0.4 is 31.5 Å². The number of phosphoric ester groups is 1. The van der Waals surface area contributed by atoms with Crippen molar-refractivity contribution in [2.75, 3.05) is 27.4 Å². The Hall–Kier alpha value is -6.80. The summed E-state index contributed by atoms with van der Waals surface area (Å²) in [5.74, 6) is 2.02. The fourth-order valence-electron chi connectivity index (χ4n) is 7.84. The van der Waals surface area contributed by atoms with E-state index in [1.54, 1.807) is 0 Å². The standard InChI is InChI=1S/C44H39Cl2N4O25P3/c1-19(70-17-22-16-49(44(58)48-42(22)55)33-15-29(51)32(72-33)18-71-77(64,65)75-78(66,67)74-76(61,62)63)23-8-6-20(11-28(23)50(59)60)5-4-10-47-41(54)21-7-9-24(43(56)57)25(12-21)34-26-13-30(68-2)37(52)35(45)39(26)73-40-27(34)14-31(69-3)38(53)36(40)46/h6-9,11-14,16,19,29,32-33,51-52H,10,15,17-18H2,1-3H3,(H,47,54)(H,56,57)(H,64,65)(H,66,67)(H,48,55,58)(H2,61,62,63)/t19?,29-,32-,33-/m1/s1. The van der Waals surface area contributed by atoms with Gasteiger partial charge in [-0.3, -0.25) is 38.6 Å². The average Bonchev–Trinajstić information content (AvgIpc) is 3.76. The second-order valence-electron chi connectivity index (χ2n) is 16.4. The second kappa shape index (κ2) is 23.3. The second-order valence-corrected chi connectivity index (χ2v) is 21.5. The van der Waals surface area contributed by atoms with Crippen molar-refractivity contribution >= 4 is 75.2 Å². The number of aliphatic hydroxyl groups is 1. The number of carbonyl (C=O) groups excluding carboxylic acids is 1. The van der Waals surface area contributed by atoms with Crippen LogP contribution in [0.15, 0.2) is 73.5 Å². The number of aliphatic hydroxyl groups excluding tert-OH is 1. The van der Waals surface area contributed by atoms with Crippen molar-refractivity contribution in [3.05, 3.63) is 134 Å². The number of carboxylic acid groups (broad SMARTS) is 1. The van der Waals surface area contributed by atoms with E-state index in [1.807, 2.05) is 4.98 Å². The highest BCUT2D eigenvalue weighted by molar-refractivity contribution is 7.66. The number of fused-ring (bicyclic) bond motifs is 2. The Morgan fingerprint density at radius 3 is 2.33 bits per heavy atom. The predicted octanol–water partition coefficient (Wildman–Crippen LogP) is 5.10. The van der Waals surface area contributed by atoms with Gasteiger partial charge in [-0.1, -0.05) is 35.0 Å². The van der Waals surface area contributed by atoms with Crippen LogP contribution in [-0.4, -0.2) is 101 Å². The lowest BCUT2D eigenvalue weighted by Crippen LogP contribution is -2.34. The Labute approximate surface area is 445 Å². The van der Waals surface area contributed by atoms with Gasteiger partial charge in [0.2, 0.25) is 5.43 Å². The molecule has 0 bridgehead atoms. The summed E-state index contributed by atoms with van der Waals surface area (Å²) in [5.41, 5.74) is -3.95. The van der Waals surface area contributed by atoms with Gasteiger partial charge in [-0.25, -0.2) is 23.3 Å². The number of rotatable bonds is 19. The molecule has 4 aromatic rings. The van der Waals surface area contributed by atoms with Crippen molar-refractivity contribution in [1.82, 2.24) is 14.9 Å². The lowest BCUT2D eigenvalue weighted by Gasteiger charge is -2.20. The largest absolute Gasteiger partial charge is 0.503 e. The lowest BCUT2D eigenvalue weighted by atomic mass is 9.89. The van der Waals surface area contributed by atoms with Crippen LogP contribution >= 0.6 is 46.7 Å². The number of phenols is 1. The van der Waals surface area contributed by atoms with Crippen LogP contribution in [0.5, 0.6) is 17.2 Å². The summed E-state index contributed by atoms with van der Waals surface area (Å²) < 4.78 is 75.0. The molecule has 0 radical (unpaired) electrons. The maximum absolute atomic E-state index is 13.6. The number of halogens is 2. The number of H-pyrrole nitrogens is 1. The molecule has 7 rings (SSSR count). The van der Waals surface area contributed by atoms with E-state index in [9.17, 15) is 72.9 Å². The SMILES string of the molecule is COc1cc2c(-c3cc(C(=O)NCC#Cc4ccc(C(C)OCc5cn([C@H]6C[C@@H](O)[C@@H](COP(=O)(O)OP(=O)(O)OP(=O)(O)O)O6)c(=O)[nH]c5=O)c([N+](=O)[O-])c4)ccc3C(=O)O)c3cc(OC)c(=O)c(Cl)c-3oc2c(Cl)c1O. The van der Waals surface area contributed by atoms with Crippen molar-refractivity contribution in [2.45, 2.75) is 44.5 Å². The number of nitrogens with one attached hydrogen (secondary N) is 2. The van der Waals surface area contributed by atoms with Crippen LogP contribution in [0.2, 0.25) is 10.0 Å². The molecule has 6 atom stereocenters. The van der Waals surface area contributed by atoms with Crippen LogP contribution in [0.3, 0.4) is 0 Å². The first-order chi connectivity index (χ1) is 36.5. The topological polar surface area (TPSA) is 432 Å². The Morgan fingerprint density at radius 2 is 1.68 bits per heavy atom. The highest BCUT2D eigenvalue weighted by Gasteiger charge is 2.43. The molecule has 34 heteroatoms. The molecule has 3 aliphatic rings. The summed E-state index contributed by atoms with van der Waals surface area (Å²) in [6, 6.07) is 10.0. The van der Waals surface area contributed by atoms with E-state index in [0.717, 1.165) is 22.9 Å². The van der Waals surface area contributed by atoms with Gasteiger partial charge >= 0.3 is 35.1 Å². The molecule has 78 heavy (non-hydrogen) atoms. The summed E-state index contributed by atoms with van der Waals surface area (Å²) in [6.07, 6.45) is -4.94. The smallest absolute Gasteiger partial charge is 0.490 e. The van der Waals surface area contributed by atoms with Crippen molar-refractivity contribution in [2.24, 2.45) is 0 Å². The number of carbonyl (C=O) groups is 2. The van der Waals surface area contributed by atoms with Crippen molar-refractivity contribution in [3.8, 4) is 51.5 Å². The fourth-order valence-corrected chi connectivity index (χ4v) is 11.3. The summed E-state index contributed by atoms with van der Waals surface area (Å²) in [4.78, 5) is 115. The first-order valence-electron chi connectivity index (χ1n) is 21.8. The Morgan fingerprint density at radius 1 is 0.974 bits per heavy atom. The fraction of sp³-hybridized carbons (Fsp3) is 0.250. The molecule has 29 nitrogen and oxygen atoms in total. The van der Waals surface area contributed by atoms with E-state index < -0.39 is 118 Å². The molecular formula is C44H39Cl2N4O25P3. The summed E-state index contributed by atoms with van der Waals surface area (Å²) >= 11 is 13.0. The van der Waals surface area contributed by atoms with E-state index in [0.29, 0.717) is 0 Å². The van der Waals surface area contributed by atoms with Gasteiger partial charge in [0.25, 0.3) is 17.2 Å². The Kier molecular flexibility index (Phi) is 17.6. The van der Waals surface area contributed by atoms with Crippen LogP contribution in [0, 0.1) is 22.0 Å². The van der Waals surface area contributed by atoms with E-state index in [-0.39, 0.29) is 84.3 Å². The normalized spacial score (nSPS) is 17.4. The number of nitrogens with zero attached hydrogens (tertiary/aromatic N) is 2. The monoisotopic (exact) mass is 1190 g/mol. The first-order valence-corrected chi connectivity index (χ1v) is 27.0. The highest BCUT2D eigenvalue weighted by Crippen LogP contribution is 2.66. The zero-order valence-electron chi connectivity index (χ0n) is 39.8. The Bertz CT molecular complexity index is 3790. The van der Waals surface area contributed by atoms with Crippen LogP contribution in [0.4, 0.5) is 5.69 Å². The van der Waals surface area contributed by atoms with Gasteiger partial charge in [0.05, 0.1) is 67.8 Å². The third kappa shape index (κ3) is 13.0. The molecule has 1 aliphatic carbocycles. The van der Waals surface area contributed by atoms with Crippen LogP contribution in [-0.2, 0) is 42.9 Å². The Balaban J connectivity index is 1.05. The quantitative estimate of drug-likeness (QED) is 0.0167. The van der Waals surface area contributed by atoms with Crippen LogP contribution in [0.1, 0.15) is 63.1 Å². The average molecular weight is 1190 g/mol. The van der Waals surface area contributed by atoms with Gasteiger partial charge in [-0.15, -0.1) is 0 Å². The number of nitro groups is 1. The van der Waals surface area contributed by atoms with E-state index in [2.05, 4.69) is 30.3 Å². The molecule has 0 spiro atoms. The number of carboxylic acids is 1. The molecule has 3 heterocycles. The van der Waals surface area contributed by atoms with E-state index in [4.69, 9.17) is 56.4 Å². The third-order valence-corrected chi connectivity index (χ3v) is 15.9. The van der Waals surface area contributed by atoms with Crippen molar-refractivity contribution in [3.63, 3.8) is 0 Å². The molecule has 9 N–H and O–H groups in total. The highest BCUT2D eigenvalue weighted by atomic mass is 35.5. The maximum Gasteiger partial charge on any atom is 0.490 e. The van der Waals surface area contributed by atoms with Crippen molar-refractivity contribution < 1.29 is 99.6 Å². The van der Waals surface area contributed by atoms with Gasteiger partial charge < -0.3 is 63.6 Å². The van der Waals surface area contributed by atoms with Crippen molar-refractivity contribution in [1.29, 1.82) is 0 Å². The van der Waals surface area contributed by atoms with Gasteiger partial charge in [0.15, 0.2) is 28.6 Å². The van der Waals surface area contributed by atoms with Gasteiger partial charge in [-0.05, 0) is 55.0 Å². The molecule has 3 aromatic carbocycles. The number of aromatic carboxylic acids is 1. The molecule has 1 amide bonds. The van der Waals surface area contributed by atoms with Gasteiger partial charge in [0.1, 0.15) is 22.4 Å². The number of phenolic OH excluding ortho intramolecular Hbond substituents is 1. The number of methoxy groups -OCH3 is 2. The zero-order valence-corrected chi connectivity index (χ0v) is 44.0. The van der Waals surface area contributed by atoms with Gasteiger partial charge in [-0.2, -0.15) is 8.62 Å². The minimum Gasteiger partial charge on any atom is -0.503 e. The number of aromatic hydroxyl groups is 1. The summed E-state index contributed by atoms with van der Waals surface area (Å²) in [5, 5.41) is 45.7. The van der Waals surface area contributed by atoms with E-state index in [1.165, 1.54) is 57.5 Å². The number of ether oxygens (including phenoxy) is 4.